The summed E-state index contributed by atoms with van der Waals surface area (Å²) < 4.78 is 60.2. The van der Waals surface area contributed by atoms with Crippen molar-refractivity contribution in [3.8, 4) is 23.2 Å². The summed E-state index contributed by atoms with van der Waals surface area (Å²) in [5.41, 5.74) is -1.10. The lowest BCUT2D eigenvalue weighted by atomic mass is 10.1. The quantitative estimate of drug-likeness (QED) is 0.492. The van der Waals surface area contributed by atoms with Crippen molar-refractivity contribution in [2.75, 3.05) is 25.5 Å². The fourth-order valence-electron chi connectivity index (χ4n) is 3.61. The fourth-order valence-corrected chi connectivity index (χ4v) is 3.61. The molecule has 0 spiro atoms. The zero-order valence-electron chi connectivity index (χ0n) is 17.3. The molecule has 0 amide bonds. The number of methoxy groups -OCH3 is 1. The summed E-state index contributed by atoms with van der Waals surface area (Å²) in [6.45, 7) is 1.50. The number of nitrogens with one attached hydrogen (secondary N) is 2. The first-order valence-corrected chi connectivity index (χ1v) is 9.98. The molecule has 0 aromatic carbocycles. The molecule has 3 aromatic heterocycles. The number of rotatable bonds is 5. The number of ether oxygens (including phenoxy) is 1. The Kier molecular flexibility index (Phi) is 6.05. The van der Waals surface area contributed by atoms with E-state index in [4.69, 9.17) is 4.74 Å². The molecule has 13 heteroatoms. The van der Waals surface area contributed by atoms with Crippen LogP contribution >= 0.6 is 0 Å². The molecule has 1 aliphatic heterocycles. The van der Waals surface area contributed by atoms with E-state index in [-0.39, 0.29) is 40.2 Å². The van der Waals surface area contributed by atoms with Gasteiger partial charge in [-0.25, -0.2) is 18.9 Å². The average molecular weight is 465 g/mol. The number of piperidine rings is 1. The van der Waals surface area contributed by atoms with Gasteiger partial charge in [0.1, 0.15) is 34.7 Å². The summed E-state index contributed by atoms with van der Waals surface area (Å²) in [7, 11) is 1.13. The Morgan fingerprint density at radius 2 is 2.18 bits per heavy atom. The second-order valence-electron chi connectivity index (χ2n) is 7.47. The van der Waals surface area contributed by atoms with Crippen LogP contribution in [0.4, 0.5) is 23.4 Å². The molecular formula is C20H19F4N7O2. The Morgan fingerprint density at radius 3 is 2.82 bits per heavy atom. The van der Waals surface area contributed by atoms with Gasteiger partial charge in [-0.15, -0.1) is 0 Å². The summed E-state index contributed by atoms with van der Waals surface area (Å²) >= 11 is 0. The molecule has 0 radical (unpaired) electrons. The standard InChI is InChI=1S/C20H19F4N7O2/c1-33-14-6-15-27-9-13(31(15)30-17(14)18(32)20(22,23)24)16-12(21)5-10(7-25)19(29-16)28-11-3-2-4-26-8-11/h5-6,9,11,18,26,32H,2-4,8H2,1H3,(H,28,29). The van der Waals surface area contributed by atoms with E-state index in [1.54, 1.807) is 0 Å². The zero-order chi connectivity index (χ0) is 23.8. The highest BCUT2D eigenvalue weighted by Crippen LogP contribution is 2.37. The van der Waals surface area contributed by atoms with Crippen LogP contribution < -0.4 is 15.4 Å². The van der Waals surface area contributed by atoms with Crippen LogP contribution in [0.3, 0.4) is 0 Å². The van der Waals surface area contributed by atoms with Crippen LogP contribution in [0.2, 0.25) is 0 Å². The van der Waals surface area contributed by atoms with Gasteiger partial charge in [-0.1, -0.05) is 0 Å². The SMILES string of the molecule is COc1cc2ncc(-c3nc(NC4CCCNC4)c(C#N)cc3F)n2nc1C(O)C(F)(F)F. The normalized spacial score (nSPS) is 17.5. The molecule has 174 valence electrons. The minimum atomic E-state index is -5.00. The molecule has 4 rings (SSSR count). The summed E-state index contributed by atoms with van der Waals surface area (Å²) in [6.07, 6.45) is -5.01. The predicted molar refractivity (Wildman–Crippen MR) is 108 cm³/mol. The van der Waals surface area contributed by atoms with E-state index in [1.165, 1.54) is 6.20 Å². The van der Waals surface area contributed by atoms with E-state index < -0.39 is 23.8 Å². The van der Waals surface area contributed by atoms with Gasteiger partial charge in [0.15, 0.2) is 17.6 Å². The van der Waals surface area contributed by atoms with Gasteiger partial charge in [-0.2, -0.15) is 23.5 Å². The highest BCUT2D eigenvalue weighted by molar-refractivity contribution is 5.66. The number of hydrogen-bond donors (Lipinski definition) is 3. The molecule has 3 aromatic rings. The summed E-state index contributed by atoms with van der Waals surface area (Å²) in [4.78, 5) is 8.29. The molecule has 2 atom stereocenters. The number of anilines is 1. The van der Waals surface area contributed by atoms with Crippen LogP contribution in [0.25, 0.3) is 17.0 Å². The first kappa shape index (κ1) is 22.7. The molecule has 1 saturated heterocycles. The van der Waals surface area contributed by atoms with Crippen molar-refractivity contribution in [3.63, 3.8) is 0 Å². The van der Waals surface area contributed by atoms with E-state index in [1.807, 2.05) is 6.07 Å². The lowest BCUT2D eigenvalue weighted by Gasteiger charge is -2.25. The van der Waals surface area contributed by atoms with Gasteiger partial charge >= 0.3 is 6.18 Å². The number of aliphatic hydroxyl groups excluding tert-OH is 1. The fraction of sp³-hybridized carbons (Fsp3) is 0.400. The van der Waals surface area contributed by atoms with Gasteiger partial charge in [-0.05, 0) is 25.5 Å². The summed E-state index contributed by atoms with van der Waals surface area (Å²) in [6, 6.07) is 4.00. The molecule has 3 N–H and O–H groups in total. The highest BCUT2D eigenvalue weighted by atomic mass is 19.4. The molecule has 1 fully saturated rings. The average Bonchev–Trinajstić information content (AvgIpc) is 3.21. The first-order chi connectivity index (χ1) is 15.7. The molecule has 0 saturated carbocycles. The van der Waals surface area contributed by atoms with Crippen LogP contribution in [0.1, 0.15) is 30.2 Å². The predicted octanol–water partition coefficient (Wildman–Crippen LogP) is 2.57. The van der Waals surface area contributed by atoms with E-state index in [2.05, 4.69) is 25.7 Å². The molecule has 33 heavy (non-hydrogen) atoms. The Hall–Kier alpha value is -3.50. The third kappa shape index (κ3) is 4.39. The van der Waals surface area contributed by atoms with Gasteiger partial charge in [0.2, 0.25) is 0 Å². The number of pyridine rings is 1. The monoisotopic (exact) mass is 465 g/mol. The van der Waals surface area contributed by atoms with Crippen molar-refractivity contribution in [1.29, 1.82) is 5.26 Å². The number of fused-ring (bicyclic) bond motifs is 1. The minimum Gasteiger partial charge on any atom is -0.495 e. The Morgan fingerprint density at radius 1 is 1.39 bits per heavy atom. The van der Waals surface area contributed by atoms with Crippen LogP contribution in [-0.2, 0) is 0 Å². The van der Waals surface area contributed by atoms with Gasteiger partial charge in [-0.3, -0.25) is 0 Å². The number of alkyl halides is 3. The van der Waals surface area contributed by atoms with Gasteiger partial charge in [0.05, 0.1) is 18.9 Å². The van der Waals surface area contributed by atoms with Gasteiger partial charge in [0.25, 0.3) is 0 Å². The number of halogens is 4. The lowest BCUT2D eigenvalue weighted by molar-refractivity contribution is -0.208. The third-order valence-electron chi connectivity index (χ3n) is 5.25. The topological polar surface area (TPSA) is 120 Å². The van der Waals surface area contributed by atoms with Gasteiger partial charge < -0.3 is 20.5 Å². The largest absolute Gasteiger partial charge is 0.495 e. The van der Waals surface area contributed by atoms with Crippen molar-refractivity contribution < 1.29 is 27.4 Å². The van der Waals surface area contributed by atoms with E-state index >= 15 is 0 Å². The van der Waals surface area contributed by atoms with E-state index in [0.29, 0.717) is 6.54 Å². The van der Waals surface area contributed by atoms with Crippen LogP contribution in [0, 0.1) is 17.1 Å². The number of imidazole rings is 1. The maximum atomic E-state index is 14.9. The molecule has 4 heterocycles. The van der Waals surface area contributed by atoms with E-state index in [9.17, 15) is 27.9 Å². The van der Waals surface area contributed by atoms with Crippen molar-refractivity contribution in [2.24, 2.45) is 0 Å². The molecule has 2 unspecified atom stereocenters. The van der Waals surface area contributed by atoms with E-state index in [0.717, 1.165) is 43.1 Å². The maximum Gasteiger partial charge on any atom is 0.420 e. The van der Waals surface area contributed by atoms with Crippen molar-refractivity contribution >= 4 is 11.5 Å². The van der Waals surface area contributed by atoms with Gasteiger partial charge in [0, 0.05) is 18.7 Å². The second-order valence-corrected chi connectivity index (χ2v) is 7.47. The van der Waals surface area contributed by atoms with Crippen molar-refractivity contribution in [2.45, 2.75) is 31.2 Å². The Labute approximate surface area is 185 Å². The number of aromatic nitrogens is 4. The first-order valence-electron chi connectivity index (χ1n) is 9.98. The highest BCUT2D eigenvalue weighted by Gasteiger charge is 2.42. The summed E-state index contributed by atoms with van der Waals surface area (Å²) in [5.74, 6) is -1.07. The third-order valence-corrected chi connectivity index (χ3v) is 5.25. The van der Waals surface area contributed by atoms with Crippen LogP contribution in [0.15, 0.2) is 18.3 Å². The number of hydrogen-bond acceptors (Lipinski definition) is 8. The Balaban J connectivity index is 1.83. The Bertz CT molecular complexity index is 1220. The minimum absolute atomic E-state index is 0.0153. The van der Waals surface area contributed by atoms with Crippen molar-refractivity contribution in [3.05, 3.63) is 35.4 Å². The number of aliphatic hydroxyl groups is 1. The lowest BCUT2D eigenvalue weighted by Crippen LogP contribution is -2.38. The zero-order valence-corrected chi connectivity index (χ0v) is 17.3. The molecule has 0 aliphatic carbocycles. The second kappa shape index (κ2) is 8.80. The summed E-state index contributed by atoms with van der Waals surface area (Å²) in [5, 5.41) is 29.3. The smallest absolute Gasteiger partial charge is 0.420 e. The number of nitrogens with zero attached hydrogens (tertiary/aromatic N) is 5. The van der Waals surface area contributed by atoms with Crippen LogP contribution in [0.5, 0.6) is 5.75 Å². The van der Waals surface area contributed by atoms with Crippen molar-refractivity contribution in [1.82, 2.24) is 24.9 Å². The number of nitriles is 1. The van der Waals surface area contributed by atoms with Crippen LogP contribution in [-0.4, -0.2) is 57.1 Å². The molecule has 1 aliphatic rings. The maximum absolute atomic E-state index is 14.9. The molecular weight excluding hydrogens is 446 g/mol. The molecule has 0 bridgehead atoms. The molecule has 9 nitrogen and oxygen atoms in total.